The maximum atomic E-state index is 12.4. The number of para-hydroxylation sites is 1. The third kappa shape index (κ3) is 2.27. The summed E-state index contributed by atoms with van der Waals surface area (Å²) in [6.45, 7) is 0. The molecule has 0 amide bonds. The molecule has 102 valence electrons. The SMILES string of the molecule is O=c1c2ccccc2oc2ccc(CC(F)(F)F)cc12. The molecule has 0 aliphatic rings. The Kier molecular flexibility index (Phi) is 2.78. The summed E-state index contributed by atoms with van der Waals surface area (Å²) in [5, 5.41) is 0.537. The molecule has 1 heterocycles. The molecule has 3 rings (SSSR count). The van der Waals surface area contributed by atoms with Crippen molar-refractivity contribution in [3.05, 3.63) is 58.3 Å². The third-order valence-electron chi connectivity index (χ3n) is 3.04. The standard InChI is InChI=1S/C15H9F3O2/c16-15(17,18)8-9-5-6-13-11(7-9)14(19)10-3-1-2-4-12(10)20-13/h1-7H,8H2. The van der Waals surface area contributed by atoms with Gasteiger partial charge >= 0.3 is 6.18 Å². The first-order chi connectivity index (χ1) is 9.44. The molecule has 1 aromatic heterocycles. The van der Waals surface area contributed by atoms with Crippen LogP contribution in [-0.4, -0.2) is 6.18 Å². The number of benzene rings is 2. The van der Waals surface area contributed by atoms with Gasteiger partial charge in [-0.2, -0.15) is 13.2 Å². The van der Waals surface area contributed by atoms with Crippen molar-refractivity contribution in [2.45, 2.75) is 12.6 Å². The number of halogens is 3. The zero-order valence-corrected chi connectivity index (χ0v) is 10.2. The molecule has 0 aliphatic carbocycles. The summed E-state index contributed by atoms with van der Waals surface area (Å²) in [5.74, 6) is 0. The smallest absolute Gasteiger partial charge is 0.393 e. The van der Waals surface area contributed by atoms with Gasteiger partial charge in [0.15, 0.2) is 0 Å². The van der Waals surface area contributed by atoms with Gasteiger partial charge < -0.3 is 4.42 Å². The van der Waals surface area contributed by atoms with E-state index in [-0.39, 0.29) is 16.4 Å². The van der Waals surface area contributed by atoms with E-state index in [0.29, 0.717) is 16.6 Å². The molecule has 3 aromatic rings. The van der Waals surface area contributed by atoms with Crippen LogP contribution in [0, 0.1) is 0 Å². The van der Waals surface area contributed by atoms with Crippen molar-refractivity contribution in [3.63, 3.8) is 0 Å². The second-order valence-corrected chi connectivity index (χ2v) is 4.55. The molecule has 0 spiro atoms. The van der Waals surface area contributed by atoms with Crippen molar-refractivity contribution in [3.8, 4) is 0 Å². The Morgan fingerprint density at radius 3 is 2.40 bits per heavy atom. The summed E-state index contributed by atoms with van der Waals surface area (Å²) in [6.07, 6.45) is -5.36. The quantitative estimate of drug-likeness (QED) is 0.628. The first-order valence-corrected chi connectivity index (χ1v) is 5.95. The van der Waals surface area contributed by atoms with Crippen LogP contribution in [0.2, 0.25) is 0 Å². The van der Waals surface area contributed by atoms with Gasteiger partial charge in [0.25, 0.3) is 0 Å². The topological polar surface area (TPSA) is 30.2 Å². The molecule has 0 saturated heterocycles. The molecule has 0 fully saturated rings. The molecule has 0 radical (unpaired) electrons. The maximum Gasteiger partial charge on any atom is 0.393 e. The monoisotopic (exact) mass is 278 g/mol. The number of rotatable bonds is 1. The van der Waals surface area contributed by atoms with Crippen LogP contribution in [0.5, 0.6) is 0 Å². The highest BCUT2D eigenvalue weighted by molar-refractivity contribution is 5.89. The largest absolute Gasteiger partial charge is 0.456 e. The number of fused-ring (bicyclic) bond motifs is 2. The van der Waals surface area contributed by atoms with Gasteiger partial charge in [-0.15, -0.1) is 0 Å². The fourth-order valence-corrected chi connectivity index (χ4v) is 2.19. The van der Waals surface area contributed by atoms with Crippen LogP contribution in [-0.2, 0) is 6.42 Å². The number of hydrogen-bond acceptors (Lipinski definition) is 2. The Hall–Kier alpha value is -2.30. The Labute approximate surface area is 111 Å². The minimum absolute atomic E-state index is 0.0487. The second-order valence-electron chi connectivity index (χ2n) is 4.55. The highest BCUT2D eigenvalue weighted by Crippen LogP contribution is 2.24. The number of alkyl halides is 3. The zero-order chi connectivity index (χ0) is 14.3. The summed E-state index contributed by atoms with van der Waals surface area (Å²) in [6, 6.07) is 10.6. The van der Waals surface area contributed by atoms with Gasteiger partial charge in [0, 0.05) is 0 Å². The summed E-state index contributed by atoms with van der Waals surface area (Å²) in [7, 11) is 0. The Morgan fingerprint density at radius 1 is 0.950 bits per heavy atom. The van der Waals surface area contributed by atoms with Crippen molar-refractivity contribution in [1.82, 2.24) is 0 Å². The van der Waals surface area contributed by atoms with Crippen molar-refractivity contribution < 1.29 is 17.6 Å². The molecule has 20 heavy (non-hydrogen) atoms. The van der Waals surface area contributed by atoms with Gasteiger partial charge in [0.05, 0.1) is 17.2 Å². The molecule has 0 bridgehead atoms. The Bertz CT molecular complexity index is 847. The normalized spacial score (nSPS) is 12.2. The van der Waals surface area contributed by atoms with E-state index >= 15 is 0 Å². The van der Waals surface area contributed by atoms with E-state index in [0.717, 1.165) is 0 Å². The lowest BCUT2D eigenvalue weighted by Gasteiger charge is -2.07. The van der Waals surface area contributed by atoms with Crippen molar-refractivity contribution >= 4 is 21.9 Å². The van der Waals surface area contributed by atoms with Crippen LogP contribution < -0.4 is 5.43 Å². The van der Waals surface area contributed by atoms with Gasteiger partial charge in [-0.1, -0.05) is 18.2 Å². The van der Waals surface area contributed by atoms with Crippen molar-refractivity contribution in [2.24, 2.45) is 0 Å². The average molecular weight is 278 g/mol. The van der Waals surface area contributed by atoms with E-state index in [4.69, 9.17) is 4.42 Å². The predicted octanol–water partition coefficient (Wildman–Crippen LogP) is 4.05. The molecule has 0 N–H and O–H groups in total. The lowest BCUT2D eigenvalue weighted by atomic mass is 10.1. The summed E-state index contributed by atoms with van der Waals surface area (Å²) in [5.41, 5.74) is 0.451. The van der Waals surface area contributed by atoms with Gasteiger partial charge in [-0.05, 0) is 29.8 Å². The van der Waals surface area contributed by atoms with E-state index in [1.807, 2.05) is 0 Å². The maximum absolute atomic E-state index is 12.4. The fourth-order valence-electron chi connectivity index (χ4n) is 2.19. The minimum atomic E-state index is -4.30. The summed E-state index contributed by atoms with van der Waals surface area (Å²) >= 11 is 0. The van der Waals surface area contributed by atoms with E-state index in [1.54, 1.807) is 24.3 Å². The van der Waals surface area contributed by atoms with Crippen LogP contribution in [0.4, 0.5) is 13.2 Å². The Morgan fingerprint density at radius 2 is 1.65 bits per heavy atom. The van der Waals surface area contributed by atoms with Crippen LogP contribution in [0.25, 0.3) is 21.9 Å². The molecular weight excluding hydrogens is 269 g/mol. The number of hydrogen-bond donors (Lipinski definition) is 0. The highest BCUT2D eigenvalue weighted by Gasteiger charge is 2.27. The molecule has 0 saturated carbocycles. The molecule has 5 heteroatoms. The zero-order valence-electron chi connectivity index (χ0n) is 10.2. The van der Waals surface area contributed by atoms with E-state index in [9.17, 15) is 18.0 Å². The molecule has 0 aliphatic heterocycles. The van der Waals surface area contributed by atoms with Crippen LogP contribution in [0.15, 0.2) is 51.7 Å². The van der Waals surface area contributed by atoms with Gasteiger partial charge in [0.2, 0.25) is 5.43 Å². The van der Waals surface area contributed by atoms with Gasteiger partial charge in [-0.25, -0.2) is 0 Å². The lowest BCUT2D eigenvalue weighted by molar-refractivity contribution is -0.127. The second kappa shape index (κ2) is 4.37. The van der Waals surface area contributed by atoms with Crippen LogP contribution >= 0.6 is 0 Å². The Balaban J connectivity index is 2.26. The van der Waals surface area contributed by atoms with Gasteiger partial charge in [0.1, 0.15) is 11.2 Å². The molecular formula is C15H9F3O2. The fraction of sp³-hybridized carbons (Fsp3) is 0.133. The molecule has 2 nitrogen and oxygen atoms in total. The molecule has 2 aromatic carbocycles. The van der Waals surface area contributed by atoms with Crippen molar-refractivity contribution in [2.75, 3.05) is 0 Å². The molecule has 0 unspecified atom stereocenters. The minimum Gasteiger partial charge on any atom is -0.456 e. The molecule has 0 atom stereocenters. The first-order valence-electron chi connectivity index (χ1n) is 5.95. The predicted molar refractivity (Wildman–Crippen MR) is 69.7 cm³/mol. The summed E-state index contributed by atoms with van der Waals surface area (Å²) < 4.78 is 42.7. The van der Waals surface area contributed by atoms with E-state index in [2.05, 4.69) is 0 Å². The van der Waals surface area contributed by atoms with Crippen LogP contribution in [0.1, 0.15) is 5.56 Å². The van der Waals surface area contributed by atoms with Crippen LogP contribution in [0.3, 0.4) is 0 Å². The highest BCUT2D eigenvalue weighted by atomic mass is 19.4. The summed E-state index contributed by atoms with van der Waals surface area (Å²) in [4.78, 5) is 12.3. The average Bonchev–Trinajstić information content (AvgIpc) is 2.38. The van der Waals surface area contributed by atoms with E-state index < -0.39 is 12.6 Å². The van der Waals surface area contributed by atoms with Crippen molar-refractivity contribution in [1.29, 1.82) is 0 Å². The van der Waals surface area contributed by atoms with Gasteiger partial charge in [-0.3, -0.25) is 4.79 Å². The first kappa shape index (κ1) is 12.7. The lowest BCUT2D eigenvalue weighted by Crippen LogP contribution is -2.12. The third-order valence-corrected chi connectivity index (χ3v) is 3.04. The van der Waals surface area contributed by atoms with E-state index in [1.165, 1.54) is 18.2 Å².